The lowest BCUT2D eigenvalue weighted by Crippen LogP contribution is -2.36. The van der Waals surface area contributed by atoms with Crippen LogP contribution in [-0.2, 0) is 22.7 Å². The number of aromatic nitrogens is 4. The lowest BCUT2D eigenvalue weighted by Gasteiger charge is -2.25. The van der Waals surface area contributed by atoms with Crippen LogP contribution in [0.25, 0.3) is 17.0 Å². The Hall–Kier alpha value is -2.91. The van der Waals surface area contributed by atoms with Gasteiger partial charge in [0.1, 0.15) is 11.5 Å². The zero-order valence-corrected chi connectivity index (χ0v) is 15.8. The first-order chi connectivity index (χ1) is 13.7. The second-order valence-corrected chi connectivity index (χ2v) is 6.94. The lowest BCUT2D eigenvalue weighted by atomic mass is 9.99. The topological polar surface area (TPSA) is 94.2 Å². The van der Waals surface area contributed by atoms with Crippen molar-refractivity contribution in [1.82, 2.24) is 19.6 Å². The highest BCUT2D eigenvalue weighted by molar-refractivity contribution is 5.76. The van der Waals surface area contributed by atoms with Crippen molar-refractivity contribution in [3.05, 3.63) is 29.0 Å². The van der Waals surface area contributed by atoms with E-state index in [2.05, 4.69) is 15.0 Å². The molecule has 0 bridgehead atoms. The van der Waals surface area contributed by atoms with Gasteiger partial charge in [-0.3, -0.25) is 0 Å². The molecule has 1 fully saturated rings. The molecule has 0 unspecified atom stereocenters. The van der Waals surface area contributed by atoms with Gasteiger partial charge < -0.3 is 24.2 Å². The first kappa shape index (κ1) is 17.2. The summed E-state index contributed by atoms with van der Waals surface area (Å²) in [6.07, 6.45) is 0. The highest BCUT2D eigenvalue weighted by Gasteiger charge is 2.27. The van der Waals surface area contributed by atoms with Crippen LogP contribution in [0.3, 0.4) is 0 Å². The van der Waals surface area contributed by atoms with Crippen LogP contribution in [0.1, 0.15) is 16.8 Å². The molecular weight excluding hydrogens is 362 g/mol. The summed E-state index contributed by atoms with van der Waals surface area (Å²) in [7, 11) is 1.58. The minimum absolute atomic E-state index is 0.121. The molecule has 4 heterocycles. The molecule has 3 aromatic rings. The van der Waals surface area contributed by atoms with Crippen molar-refractivity contribution in [2.24, 2.45) is 0 Å². The molecule has 0 amide bonds. The fraction of sp³-hybridized carbons (Fsp3) is 0.421. The minimum Gasteiger partial charge on any atom is -0.507 e. The fourth-order valence-corrected chi connectivity index (χ4v) is 3.79. The number of morpholine rings is 1. The van der Waals surface area contributed by atoms with E-state index in [1.165, 1.54) is 0 Å². The number of methoxy groups -OCH3 is 1. The van der Waals surface area contributed by atoms with E-state index in [1.807, 2.05) is 13.0 Å². The number of anilines is 1. The van der Waals surface area contributed by atoms with Gasteiger partial charge in [0, 0.05) is 30.3 Å². The summed E-state index contributed by atoms with van der Waals surface area (Å²) < 4.78 is 18.1. The summed E-state index contributed by atoms with van der Waals surface area (Å²) in [5.41, 5.74) is 4.06. The van der Waals surface area contributed by atoms with Gasteiger partial charge in [-0.05, 0) is 18.6 Å². The van der Waals surface area contributed by atoms with Crippen molar-refractivity contribution in [2.45, 2.75) is 20.1 Å². The molecule has 9 heteroatoms. The first-order valence-electron chi connectivity index (χ1n) is 9.22. The molecular formula is C19H21N5O4. The molecule has 0 spiro atoms. The number of phenols is 1. The highest BCUT2D eigenvalue weighted by Crippen LogP contribution is 2.39. The molecule has 1 aromatic carbocycles. The van der Waals surface area contributed by atoms with Crippen LogP contribution in [0.5, 0.6) is 11.5 Å². The molecule has 5 rings (SSSR count). The number of benzene rings is 1. The van der Waals surface area contributed by atoms with Crippen LogP contribution in [0, 0.1) is 6.92 Å². The molecule has 0 aliphatic carbocycles. The second-order valence-electron chi connectivity index (χ2n) is 6.94. The van der Waals surface area contributed by atoms with Crippen molar-refractivity contribution < 1.29 is 19.3 Å². The number of fused-ring (bicyclic) bond motifs is 3. The summed E-state index contributed by atoms with van der Waals surface area (Å²) in [5, 5.41) is 15.3. The van der Waals surface area contributed by atoms with Gasteiger partial charge in [-0.1, -0.05) is 0 Å². The van der Waals surface area contributed by atoms with Crippen LogP contribution in [-0.4, -0.2) is 58.1 Å². The fourth-order valence-electron chi connectivity index (χ4n) is 3.79. The van der Waals surface area contributed by atoms with Crippen LogP contribution in [0.15, 0.2) is 12.1 Å². The lowest BCUT2D eigenvalue weighted by molar-refractivity contribution is 0.122. The number of nitrogens with zero attached hydrogens (tertiary/aromatic N) is 5. The van der Waals surface area contributed by atoms with E-state index in [9.17, 15) is 5.11 Å². The van der Waals surface area contributed by atoms with E-state index in [1.54, 1.807) is 17.7 Å². The van der Waals surface area contributed by atoms with Gasteiger partial charge in [0.15, 0.2) is 0 Å². The summed E-state index contributed by atoms with van der Waals surface area (Å²) in [4.78, 5) is 11.5. The molecule has 1 saturated heterocycles. The van der Waals surface area contributed by atoms with Gasteiger partial charge in [-0.2, -0.15) is 9.50 Å². The van der Waals surface area contributed by atoms with Crippen molar-refractivity contribution in [3.63, 3.8) is 0 Å². The maximum atomic E-state index is 10.6. The van der Waals surface area contributed by atoms with Crippen molar-refractivity contribution in [3.8, 4) is 22.8 Å². The average molecular weight is 383 g/mol. The largest absolute Gasteiger partial charge is 0.507 e. The smallest absolute Gasteiger partial charge is 0.254 e. The molecule has 2 aliphatic rings. The quantitative estimate of drug-likeness (QED) is 0.730. The number of ether oxygens (including phenoxy) is 3. The molecule has 2 aromatic heterocycles. The van der Waals surface area contributed by atoms with E-state index in [-0.39, 0.29) is 5.75 Å². The van der Waals surface area contributed by atoms with Gasteiger partial charge in [0.05, 0.1) is 44.9 Å². The Labute approximate surface area is 161 Å². The Morgan fingerprint density at radius 1 is 1.11 bits per heavy atom. The minimum atomic E-state index is 0.121. The van der Waals surface area contributed by atoms with Gasteiger partial charge >= 0.3 is 0 Å². The number of aromatic hydroxyl groups is 1. The van der Waals surface area contributed by atoms with Crippen LogP contribution < -0.4 is 9.64 Å². The third-order valence-electron chi connectivity index (χ3n) is 5.22. The Balaban J connectivity index is 1.68. The second kappa shape index (κ2) is 6.61. The Morgan fingerprint density at radius 2 is 1.93 bits per heavy atom. The molecule has 2 aliphatic heterocycles. The van der Waals surface area contributed by atoms with Crippen molar-refractivity contribution in [1.29, 1.82) is 0 Å². The molecule has 9 nitrogen and oxygen atoms in total. The molecule has 146 valence electrons. The van der Waals surface area contributed by atoms with Crippen LogP contribution in [0.2, 0.25) is 0 Å². The highest BCUT2D eigenvalue weighted by atomic mass is 16.5. The normalized spacial score (nSPS) is 16.6. The first-order valence-corrected chi connectivity index (χ1v) is 9.22. The summed E-state index contributed by atoms with van der Waals surface area (Å²) >= 11 is 0. The van der Waals surface area contributed by atoms with Crippen LogP contribution >= 0.6 is 0 Å². The number of rotatable bonds is 3. The van der Waals surface area contributed by atoms with E-state index in [4.69, 9.17) is 19.2 Å². The van der Waals surface area contributed by atoms with Gasteiger partial charge in [0.2, 0.25) is 5.95 Å². The Morgan fingerprint density at radius 3 is 2.68 bits per heavy atom. The third kappa shape index (κ3) is 2.66. The number of hydrogen-bond donors (Lipinski definition) is 1. The monoisotopic (exact) mass is 383 g/mol. The number of aryl methyl sites for hydroxylation is 1. The maximum Gasteiger partial charge on any atom is 0.254 e. The summed E-state index contributed by atoms with van der Waals surface area (Å²) in [6.45, 7) is 5.60. The van der Waals surface area contributed by atoms with Crippen molar-refractivity contribution in [2.75, 3.05) is 38.3 Å². The molecule has 0 atom stereocenters. The van der Waals surface area contributed by atoms with E-state index in [0.717, 1.165) is 29.9 Å². The maximum absolute atomic E-state index is 10.6. The Kier molecular flexibility index (Phi) is 4.06. The van der Waals surface area contributed by atoms with Crippen LogP contribution in [0.4, 0.5) is 5.95 Å². The summed E-state index contributed by atoms with van der Waals surface area (Å²) in [5.74, 6) is 1.86. The SMILES string of the molecule is COc1cc(C)c(-c2nc3nc(N4CCOCC4)nn3c3c2COC3)c(O)c1. The van der Waals surface area contributed by atoms with Gasteiger partial charge in [0.25, 0.3) is 5.78 Å². The summed E-state index contributed by atoms with van der Waals surface area (Å²) in [6, 6.07) is 3.48. The Bertz CT molecular complexity index is 1040. The van der Waals surface area contributed by atoms with Crippen molar-refractivity contribution >= 4 is 11.7 Å². The van der Waals surface area contributed by atoms with E-state index >= 15 is 0 Å². The predicted octanol–water partition coefficient (Wildman–Crippen LogP) is 1.68. The van der Waals surface area contributed by atoms with E-state index < -0.39 is 0 Å². The zero-order valence-electron chi connectivity index (χ0n) is 15.8. The van der Waals surface area contributed by atoms with Gasteiger partial charge in [-0.15, -0.1) is 5.10 Å². The number of phenolic OH excluding ortho intramolecular Hbond substituents is 1. The molecule has 1 N–H and O–H groups in total. The molecule has 0 saturated carbocycles. The standard InChI is InChI=1S/C19H21N5O4/c1-11-7-12(26-2)8-15(25)16(11)17-13-9-28-10-14(13)24-18(20-17)21-19(22-24)23-3-5-27-6-4-23/h7-8,25H,3-6,9-10H2,1-2H3. The van der Waals surface area contributed by atoms with Gasteiger partial charge in [-0.25, -0.2) is 4.98 Å². The predicted molar refractivity (Wildman–Crippen MR) is 101 cm³/mol. The van der Waals surface area contributed by atoms with E-state index in [0.29, 0.717) is 55.2 Å². The molecule has 0 radical (unpaired) electrons. The third-order valence-corrected chi connectivity index (χ3v) is 5.22. The number of hydrogen-bond acceptors (Lipinski definition) is 8. The average Bonchev–Trinajstić information content (AvgIpc) is 3.34. The molecule has 28 heavy (non-hydrogen) atoms. The zero-order chi connectivity index (χ0) is 19.3.